The van der Waals surface area contributed by atoms with Crippen LogP contribution in [0.3, 0.4) is 0 Å². The highest BCUT2D eigenvalue weighted by Crippen LogP contribution is 2.34. The molecule has 3 aromatic heterocycles. The van der Waals surface area contributed by atoms with Gasteiger partial charge in [-0.2, -0.15) is 13.2 Å². The molecule has 0 saturated heterocycles. The van der Waals surface area contributed by atoms with Gasteiger partial charge in [0.05, 0.1) is 35.3 Å². The smallest absolute Gasteiger partial charge is 0.416 e. The van der Waals surface area contributed by atoms with E-state index in [2.05, 4.69) is 4.98 Å². The van der Waals surface area contributed by atoms with Crippen LogP contribution in [0, 0.1) is 6.92 Å². The fourth-order valence-corrected chi connectivity index (χ4v) is 4.01. The Morgan fingerprint density at radius 2 is 1.97 bits per heavy atom. The summed E-state index contributed by atoms with van der Waals surface area (Å²) >= 11 is 1.31. The number of hydrogen-bond donors (Lipinski definition) is 1. The molecule has 0 saturated carbocycles. The zero-order valence-corrected chi connectivity index (χ0v) is 16.6. The Morgan fingerprint density at radius 3 is 2.57 bits per heavy atom. The van der Waals surface area contributed by atoms with Gasteiger partial charge in [0.25, 0.3) is 5.91 Å². The fraction of sp³-hybridized carbons (Fsp3) is 0.143. The highest BCUT2D eigenvalue weighted by molar-refractivity contribution is 7.13. The predicted molar refractivity (Wildman–Crippen MR) is 107 cm³/mol. The van der Waals surface area contributed by atoms with Gasteiger partial charge in [0.2, 0.25) is 0 Å². The number of furan rings is 1. The van der Waals surface area contributed by atoms with Crippen LogP contribution in [0.5, 0.6) is 0 Å². The molecule has 1 amide bonds. The van der Waals surface area contributed by atoms with E-state index in [4.69, 9.17) is 10.2 Å². The van der Waals surface area contributed by atoms with E-state index in [-0.39, 0.29) is 0 Å². The van der Waals surface area contributed by atoms with Crippen molar-refractivity contribution in [1.29, 1.82) is 0 Å². The van der Waals surface area contributed by atoms with Crippen LogP contribution in [-0.4, -0.2) is 15.5 Å². The number of benzene rings is 1. The first kappa shape index (κ1) is 20.0. The predicted octanol–water partition coefficient (Wildman–Crippen LogP) is 5.35. The van der Waals surface area contributed by atoms with E-state index in [0.29, 0.717) is 45.5 Å². The molecule has 0 radical (unpaired) electrons. The Labute approximate surface area is 173 Å². The number of carbonyl (C=O) groups is 1. The third-order valence-electron chi connectivity index (χ3n) is 4.75. The summed E-state index contributed by atoms with van der Waals surface area (Å²) in [5, 5.41) is 2.37. The van der Waals surface area contributed by atoms with Crippen LogP contribution in [0.4, 0.5) is 13.2 Å². The summed E-state index contributed by atoms with van der Waals surface area (Å²) in [5.74, 6) is 0.148. The van der Waals surface area contributed by atoms with Crippen molar-refractivity contribution in [2.45, 2.75) is 19.6 Å². The van der Waals surface area contributed by atoms with Crippen molar-refractivity contribution in [2.24, 2.45) is 5.73 Å². The van der Waals surface area contributed by atoms with Gasteiger partial charge in [-0.25, -0.2) is 4.98 Å². The van der Waals surface area contributed by atoms with Crippen molar-refractivity contribution in [1.82, 2.24) is 9.55 Å². The molecular formula is C21H16F3N3O2S. The topological polar surface area (TPSA) is 74.1 Å². The number of thiazole rings is 1. The Bertz CT molecular complexity index is 1190. The first-order chi connectivity index (χ1) is 14.2. The number of rotatable bonds is 5. The Hall–Kier alpha value is -3.33. The van der Waals surface area contributed by atoms with E-state index in [0.717, 1.165) is 12.1 Å². The molecule has 0 aliphatic rings. The quantitative estimate of drug-likeness (QED) is 0.463. The molecule has 9 heteroatoms. The third kappa shape index (κ3) is 3.76. The number of hydrogen-bond acceptors (Lipinski definition) is 4. The standard InChI is InChI=1S/C21H16F3N3O2S/c1-12-16(19(25)28)9-18(27(12)10-15-3-2-8-29-15)17-11-30-20(26-17)13-4-6-14(7-5-13)21(22,23)24/h2-9,11H,10H2,1H3,(H2,25,28). The van der Waals surface area contributed by atoms with E-state index in [1.807, 2.05) is 10.6 Å². The second kappa shape index (κ2) is 7.49. The van der Waals surface area contributed by atoms with Crippen molar-refractivity contribution in [3.8, 4) is 22.0 Å². The molecule has 30 heavy (non-hydrogen) atoms. The molecule has 0 aliphatic carbocycles. The first-order valence-corrected chi connectivity index (χ1v) is 9.78. The average Bonchev–Trinajstić information content (AvgIpc) is 3.43. The summed E-state index contributed by atoms with van der Waals surface area (Å²) in [6.45, 7) is 2.17. The lowest BCUT2D eigenvalue weighted by atomic mass is 10.1. The summed E-state index contributed by atoms with van der Waals surface area (Å²) in [5.41, 5.74) is 7.70. The minimum absolute atomic E-state index is 0.376. The molecule has 4 aromatic rings. The molecule has 0 aliphatic heterocycles. The number of primary amides is 1. The average molecular weight is 431 g/mol. The van der Waals surface area contributed by atoms with Gasteiger partial charge in [-0.15, -0.1) is 11.3 Å². The summed E-state index contributed by atoms with van der Waals surface area (Å²) in [6.07, 6.45) is -2.82. The van der Waals surface area contributed by atoms with Crippen LogP contribution < -0.4 is 5.73 Å². The third-order valence-corrected chi connectivity index (χ3v) is 5.64. The number of halogens is 3. The maximum atomic E-state index is 12.8. The lowest BCUT2D eigenvalue weighted by Gasteiger charge is -2.09. The van der Waals surface area contributed by atoms with Crippen molar-refractivity contribution in [3.63, 3.8) is 0 Å². The van der Waals surface area contributed by atoms with E-state index in [1.54, 1.807) is 30.7 Å². The Kier molecular flexibility index (Phi) is 4.98. The highest BCUT2D eigenvalue weighted by Gasteiger charge is 2.30. The van der Waals surface area contributed by atoms with Crippen LogP contribution in [0.2, 0.25) is 0 Å². The van der Waals surface area contributed by atoms with Gasteiger partial charge in [0, 0.05) is 16.6 Å². The molecule has 3 heterocycles. The van der Waals surface area contributed by atoms with Gasteiger partial charge in [0.15, 0.2) is 0 Å². The van der Waals surface area contributed by atoms with E-state index in [1.165, 1.54) is 23.5 Å². The van der Waals surface area contributed by atoms with Crippen molar-refractivity contribution < 1.29 is 22.4 Å². The summed E-state index contributed by atoms with van der Waals surface area (Å²) in [4.78, 5) is 16.4. The molecular weight excluding hydrogens is 415 g/mol. The molecule has 2 N–H and O–H groups in total. The van der Waals surface area contributed by atoms with E-state index >= 15 is 0 Å². The number of nitrogens with two attached hydrogens (primary N) is 1. The second-order valence-electron chi connectivity index (χ2n) is 6.67. The molecule has 0 fully saturated rings. The number of carbonyl (C=O) groups excluding carboxylic acids is 1. The fourth-order valence-electron chi connectivity index (χ4n) is 3.19. The monoisotopic (exact) mass is 431 g/mol. The zero-order valence-electron chi connectivity index (χ0n) is 15.7. The maximum Gasteiger partial charge on any atom is 0.416 e. The molecule has 0 atom stereocenters. The van der Waals surface area contributed by atoms with Crippen LogP contribution >= 0.6 is 11.3 Å². The lowest BCUT2D eigenvalue weighted by molar-refractivity contribution is -0.137. The first-order valence-electron chi connectivity index (χ1n) is 8.90. The number of alkyl halides is 3. The van der Waals surface area contributed by atoms with E-state index in [9.17, 15) is 18.0 Å². The van der Waals surface area contributed by atoms with Crippen molar-refractivity contribution >= 4 is 17.2 Å². The minimum atomic E-state index is -4.39. The van der Waals surface area contributed by atoms with Gasteiger partial charge in [-0.1, -0.05) is 12.1 Å². The largest absolute Gasteiger partial charge is 0.467 e. The second-order valence-corrected chi connectivity index (χ2v) is 7.53. The van der Waals surface area contributed by atoms with Crippen LogP contribution in [0.25, 0.3) is 22.0 Å². The summed E-state index contributed by atoms with van der Waals surface area (Å²) in [6, 6.07) is 10.1. The van der Waals surface area contributed by atoms with Crippen molar-refractivity contribution in [3.05, 3.63) is 76.7 Å². The summed E-state index contributed by atoms with van der Waals surface area (Å²) in [7, 11) is 0. The lowest BCUT2D eigenvalue weighted by Crippen LogP contribution is -2.12. The summed E-state index contributed by atoms with van der Waals surface area (Å²) < 4.78 is 45.7. The number of aromatic nitrogens is 2. The van der Waals surface area contributed by atoms with Crippen LogP contribution in [-0.2, 0) is 12.7 Å². The SMILES string of the molecule is Cc1c(C(N)=O)cc(-c2csc(-c3ccc(C(F)(F)F)cc3)n2)n1Cc1ccco1. The molecule has 4 rings (SSSR count). The normalized spacial score (nSPS) is 11.7. The van der Waals surface area contributed by atoms with Crippen LogP contribution in [0.1, 0.15) is 27.4 Å². The molecule has 1 aromatic carbocycles. The highest BCUT2D eigenvalue weighted by atomic mass is 32.1. The molecule has 5 nitrogen and oxygen atoms in total. The Morgan fingerprint density at radius 1 is 1.23 bits per heavy atom. The van der Waals surface area contributed by atoms with Crippen LogP contribution in [0.15, 0.2) is 58.5 Å². The van der Waals surface area contributed by atoms with Gasteiger partial charge in [-0.05, 0) is 37.3 Å². The zero-order chi connectivity index (χ0) is 21.5. The number of amides is 1. The number of nitrogens with zero attached hydrogens (tertiary/aromatic N) is 2. The van der Waals surface area contributed by atoms with Crippen molar-refractivity contribution in [2.75, 3.05) is 0 Å². The van der Waals surface area contributed by atoms with Gasteiger partial charge in [-0.3, -0.25) is 4.79 Å². The van der Waals surface area contributed by atoms with Gasteiger partial charge in [0.1, 0.15) is 10.8 Å². The molecule has 154 valence electrons. The molecule has 0 unspecified atom stereocenters. The minimum Gasteiger partial charge on any atom is -0.467 e. The van der Waals surface area contributed by atoms with Gasteiger partial charge >= 0.3 is 6.18 Å². The van der Waals surface area contributed by atoms with E-state index < -0.39 is 17.6 Å². The molecule has 0 spiro atoms. The van der Waals surface area contributed by atoms with Gasteiger partial charge < -0.3 is 14.7 Å². The maximum absolute atomic E-state index is 12.8. The molecule has 0 bridgehead atoms. The Balaban J connectivity index is 1.72.